The molecule has 1 saturated carbocycles. The van der Waals surface area contributed by atoms with Crippen LogP contribution < -0.4 is 15.2 Å². The Kier molecular flexibility index (Phi) is 4.25. The van der Waals surface area contributed by atoms with E-state index in [0.29, 0.717) is 11.4 Å². The van der Waals surface area contributed by atoms with Crippen molar-refractivity contribution in [2.75, 3.05) is 12.4 Å². The van der Waals surface area contributed by atoms with Gasteiger partial charge >= 0.3 is 0 Å². The average molecular weight is 312 g/mol. The monoisotopic (exact) mass is 312 g/mol. The minimum Gasteiger partial charge on any atom is -0.495 e. The third-order valence-corrected chi connectivity index (χ3v) is 4.91. The number of hydrogen-bond donors (Lipinski definition) is 2. The lowest BCUT2D eigenvalue weighted by Crippen LogP contribution is -2.31. The van der Waals surface area contributed by atoms with Crippen LogP contribution in [0.15, 0.2) is 23.1 Å². The summed E-state index contributed by atoms with van der Waals surface area (Å²) in [6.45, 7) is 1.92. The van der Waals surface area contributed by atoms with E-state index in [9.17, 15) is 13.2 Å². The number of amides is 1. The number of anilines is 1. The smallest absolute Gasteiger partial charge is 0.238 e. The molecule has 0 atom stereocenters. The minimum absolute atomic E-state index is 0.0600. The Morgan fingerprint density at radius 1 is 1.33 bits per heavy atom. The normalized spacial score (nSPS) is 17.5. The van der Waals surface area contributed by atoms with Crippen molar-refractivity contribution in [3.63, 3.8) is 0 Å². The van der Waals surface area contributed by atoms with Crippen LogP contribution >= 0.6 is 0 Å². The third-order valence-electron chi connectivity index (χ3n) is 4.00. The van der Waals surface area contributed by atoms with Crippen LogP contribution in [-0.2, 0) is 14.8 Å². The van der Waals surface area contributed by atoms with Crippen molar-refractivity contribution in [2.24, 2.45) is 10.6 Å². The Balaban J connectivity index is 2.31. The second kappa shape index (κ2) is 5.65. The summed E-state index contributed by atoms with van der Waals surface area (Å²) in [5.74, 6) is 0.280. The molecular weight excluding hydrogens is 292 g/mol. The van der Waals surface area contributed by atoms with Gasteiger partial charge in [-0.2, -0.15) is 0 Å². The van der Waals surface area contributed by atoms with Crippen LogP contribution in [-0.4, -0.2) is 21.4 Å². The van der Waals surface area contributed by atoms with Gasteiger partial charge in [0, 0.05) is 5.41 Å². The predicted molar refractivity (Wildman–Crippen MR) is 79.6 cm³/mol. The lowest BCUT2D eigenvalue weighted by molar-refractivity contribution is -0.124. The highest BCUT2D eigenvalue weighted by Gasteiger charge is 2.36. The van der Waals surface area contributed by atoms with Crippen molar-refractivity contribution in [2.45, 2.75) is 37.5 Å². The van der Waals surface area contributed by atoms with Gasteiger partial charge in [0.05, 0.1) is 17.7 Å². The molecule has 0 aromatic heterocycles. The molecule has 0 bridgehead atoms. The van der Waals surface area contributed by atoms with Gasteiger partial charge in [0.15, 0.2) is 0 Å². The van der Waals surface area contributed by atoms with E-state index in [1.807, 2.05) is 6.92 Å². The van der Waals surface area contributed by atoms with E-state index in [2.05, 4.69) is 5.32 Å². The van der Waals surface area contributed by atoms with Crippen molar-refractivity contribution in [1.29, 1.82) is 0 Å². The summed E-state index contributed by atoms with van der Waals surface area (Å²) in [4.78, 5) is 12.4. The topological polar surface area (TPSA) is 98.5 Å². The molecule has 1 aromatic carbocycles. The van der Waals surface area contributed by atoms with Crippen molar-refractivity contribution in [3.05, 3.63) is 18.2 Å². The number of nitrogens with two attached hydrogens (primary N) is 1. The molecule has 0 saturated heterocycles. The summed E-state index contributed by atoms with van der Waals surface area (Å²) in [6, 6.07) is 4.15. The van der Waals surface area contributed by atoms with Crippen LogP contribution in [0.3, 0.4) is 0 Å². The molecule has 0 spiro atoms. The van der Waals surface area contributed by atoms with E-state index in [1.54, 1.807) is 0 Å². The maximum Gasteiger partial charge on any atom is 0.238 e. The lowest BCUT2D eigenvalue weighted by atomic mass is 9.88. The Labute approximate surface area is 124 Å². The summed E-state index contributed by atoms with van der Waals surface area (Å²) >= 11 is 0. The van der Waals surface area contributed by atoms with E-state index >= 15 is 0 Å². The van der Waals surface area contributed by atoms with Crippen molar-refractivity contribution >= 4 is 21.6 Å². The van der Waals surface area contributed by atoms with Crippen LogP contribution in [0.25, 0.3) is 0 Å². The number of methoxy groups -OCH3 is 1. The van der Waals surface area contributed by atoms with Gasteiger partial charge in [-0.25, -0.2) is 13.6 Å². The highest BCUT2D eigenvalue weighted by Crippen LogP contribution is 2.39. The third kappa shape index (κ3) is 3.36. The maximum atomic E-state index is 12.4. The molecule has 1 aromatic rings. The zero-order valence-electron chi connectivity index (χ0n) is 12.2. The highest BCUT2D eigenvalue weighted by atomic mass is 32.2. The van der Waals surface area contributed by atoms with E-state index < -0.39 is 15.4 Å². The molecule has 0 heterocycles. The molecule has 2 rings (SSSR count). The van der Waals surface area contributed by atoms with Crippen LogP contribution in [0.2, 0.25) is 0 Å². The number of carbonyl (C=O) groups is 1. The van der Waals surface area contributed by atoms with Crippen LogP contribution in [0.4, 0.5) is 5.69 Å². The number of benzene rings is 1. The maximum absolute atomic E-state index is 12.4. The molecule has 6 nitrogen and oxygen atoms in total. The molecule has 0 unspecified atom stereocenters. The van der Waals surface area contributed by atoms with E-state index in [4.69, 9.17) is 9.88 Å². The summed E-state index contributed by atoms with van der Waals surface area (Å²) in [5, 5.41) is 7.89. The number of hydrogen-bond acceptors (Lipinski definition) is 4. The first kappa shape index (κ1) is 15.8. The number of rotatable bonds is 4. The van der Waals surface area contributed by atoms with Crippen LogP contribution in [0, 0.1) is 5.41 Å². The van der Waals surface area contributed by atoms with Crippen molar-refractivity contribution in [1.82, 2.24) is 0 Å². The molecule has 1 aliphatic rings. The molecule has 3 N–H and O–H groups in total. The van der Waals surface area contributed by atoms with Gasteiger partial charge in [0.2, 0.25) is 15.9 Å². The quantitative estimate of drug-likeness (QED) is 0.886. The second-order valence-corrected chi connectivity index (χ2v) is 7.19. The summed E-state index contributed by atoms with van der Waals surface area (Å²) < 4.78 is 28.0. The molecule has 0 aliphatic heterocycles. The first-order chi connectivity index (χ1) is 9.76. The summed E-state index contributed by atoms with van der Waals surface area (Å²) in [5.41, 5.74) is -0.0926. The Morgan fingerprint density at radius 2 is 1.95 bits per heavy atom. The molecule has 1 amide bonds. The summed E-state index contributed by atoms with van der Waals surface area (Å²) in [6.07, 6.45) is 3.71. The molecule has 1 fully saturated rings. The first-order valence-electron chi connectivity index (χ1n) is 6.78. The Hall–Kier alpha value is -1.60. The van der Waals surface area contributed by atoms with Gasteiger partial charge in [-0.3, -0.25) is 4.79 Å². The predicted octanol–water partition coefficient (Wildman–Crippen LogP) is 1.86. The Bertz CT molecular complexity index is 649. The SMILES string of the molecule is COc1ccc(S(N)(=O)=O)cc1NC(=O)C1(C)CCCC1. The summed E-state index contributed by atoms with van der Waals surface area (Å²) in [7, 11) is -2.37. The van der Waals surface area contributed by atoms with Gasteiger partial charge in [0.25, 0.3) is 0 Å². The average Bonchev–Trinajstić information content (AvgIpc) is 2.86. The van der Waals surface area contributed by atoms with Crippen molar-refractivity contribution in [3.8, 4) is 5.75 Å². The highest BCUT2D eigenvalue weighted by molar-refractivity contribution is 7.89. The number of primary sulfonamides is 1. The van der Waals surface area contributed by atoms with Gasteiger partial charge < -0.3 is 10.1 Å². The van der Waals surface area contributed by atoms with Gasteiger partial charge in [-0.05, 0) is 31.0 Å². The fourth-order valence-corrected chi connectivity index (χ4v) is 3.16. The van der Waals surface area contributed by atoms with Crippen LogP contribution in [0.1, 0.15) is 32.6 Å². The van der Waals surface area contributed by atoms with E-state index in [-0.39, 0.29) is 10.8 Å². The molecule has 1 aliphatic carbocycles. The zero-order valence-corrected chi connectivity index (χ0v) is 13.0. The molecule has 116 valence electrons. The number of sulfonamides is 1. The van der Waals surface area contributed by atoms with Crippen molar-refractivity contribution < 1.29 is 17.9 Å². The standard InChI is InChI=1S/C14H20N2O4S/c1-14(7-3-4-8-14)13(17)16-11-9-10(21(15,18)19)5-6-12(11)20-2/h5-6,9H,3-4,7-8H2,1-2H3,(H,16,17)(H2,15,18,19). The van der Waals surface area contributed by atoms with Gasteiger partial charge in [-0.15, -0.1) is 0 Å². The molecule has 7 heteroatoms. The zero-order chi connectivity index (χ0) is 15.7. The van der Waals surface area contributed by atoms with Gasteiger partial charge in [0.1, 0.15) is 5.75 Å². The van der Waals surface area contributed by atoms with E-state index in [0.717, 1.165) is 25.7 Å². The Morgan fingerprint density at radius 3 is 2.48 bits per heavy atom. The molecule has 21 heavy (non-hydrogen) atoms. The lowest BCUT2D eigenvalue weighted by Gasteiger charge is -2.23. The molecular formula is C14H20N2O4S. The van der Waals surface area contributed by atoms with E-state index in [1.165, 1.54) is 25.3 Å². The van der Waals surface area contributed by atoms with Gasteiger partial charge in [-0.1, -0.05) is 19.8 Å². The fraction of sp³-hybridized carbons (Fsp3) is 0.500. The number of nitrogens with one attached hydrogen (secondary N) is 1. The number of carbonyl (C=O) groups excluding carboxylic acids is 1. The largest absolute Gasteiger partial charge is 0.495 e. The van der Waals surface area contributed by atoms with Crippen LogP contribution in [0.5, 0.6) is 5.75 Å². The second-order valence-electron chi connectivity index (χ2n) is 5.63. The minimum atomic E-state index is -3.83. The fourth-order valence-electron chi connectivity index (χ4n) is 2.62. The molecule has 0 radical (unpaired) electrons. The number of ether oxygens (including phenoxy) is 1. The first-order valence-corrected chi connectivity index (χ1v) is 8.33.